The molecule has 5 nitrogen and oxygen atoms in total. The molecular formula is C23H32N2O3. The fraction of sp³-hybridized carbons (Fsp3) is 0.696. The summed E-state index contributed by atoms with van der Waals surface area (Å²) in [5, 5.41) is 0. The summed E-state index contributed by atoms with van der Waals surface area (Å²) in [7, 11) is 1.64. The van der Waals surface area contributed by atoms with Gasteiger partial charge in [0, 0.05) is 44.7 Å². The Morgan fingerprint density at radius 2 is 1.68 bits per heavy atom. The lowest BCUT2D eigenvalue weighted by Crippen LogP contribution is -2.48. The molecule has 2 atom stereocenters. The van der Waals surface area contributed by atoms with E-state index in [1.807, 2.05) is 12.1 Å². The van der Waals surface area contributed by atoms with Crippen molar-refractivity contribution in [1.29, 1.82) is 0 Å². The molecule has 0 amide bonds. The highest BCUT2D eigenvalue weighted by Crippen LogP contribution is 2.43. The van der Waals surface area contributed by atoms with Crippen LogP contribution < -0.4 is 9.47 Å². The van der Waals surface area contributed by atoms with E-state index >= 15 is 0 Å². The summed E-state index contributed by atoms with van der Waals surface area (Å²) in [6.07, 6.45) is 6.77. The molecule has 3 saturated heterocycles. The van der Waals surface area contributed by atoms with Crippen LogP contribution in [0.1, 0.15) is 43.6 Å². The number of piperidine rings is 1. The summed E-state index contributed by atoms with van der Waals surface area (Å²) in [6, 6.07) is 5.92. The van der Waals surface area contributed by atoms with E-state index in [1.54, 1.807) is 7.11 Å². The maximum atomic E-state index is 12.7. The minimum Gasteiger partial charge on any atom is -0.497 e. The van der Waals surface area contributed by atoms with Gasteiger partial charge in [0.1, 0.15) is 11.5 Å². The van der Waals surface area contributed by atoms with E-state index in [0.29, 0.717) is 5.75 Å². The molecule has 2 unspecified atom stereocenters. The summed E-state index contributed by atoms with van der Waals surface area (Å²) in [6.45, 7) is 6.69. The monoisotopic (exact) mass is 384 g/mol. The molecule has 1 aliphatic carbocycles. The SMILES string of the molecule is COc1ccc2c(c1)OC(=O)C1CN(CCN3CC4CCC(CC4)C3)CCC21. The van der Waals surface area contributed by atoms with Crippen molar-refractivity contribution in [2.24, 2.45) is 17.8 Å². The molecular weight excluding hydrogens is 352 g/mol. The fourth-order valence-electron chi connectivity index (χ4n) is 5.92. The lowest BCUT2D eigenvalue weighted by Gasteiger charge is -2.41. The van der Waals surface area contributed by atoms with Gasteiger partial charge in [-0.05, 0) is 62.1 Å². The van der Waals surface area contributed by atoms with E-state index in [-0.39, 0.29) is 17.8 Å². The fourth-order valence-corrected chi connectivity index (χ4v) is 5.92. The Labute approximate surface area is 168 Å². The third-order valence-corrected chi connectivity index (χ3v) is 7.56. The average Bonchev–Trinajstić information content (AvgIpc) is 3.05. The van der Waals surface area contributed by atoms with Gasteiger partial charge in [-0.1, -0.05) is 6.07 Å². The van der Waals surface area contributed by atoms with E-state index in [1.165, 1.54) is 44.3 Å². The third kappa shape index (κ3) is 3.55. The molecule has 1 saturated carbocycles. The van der Waals surface area contributed by atoms with Crippen molar-refractivity contribution in [1.82, 2.24) is 9.80 Å². The van der Waals surface area contributed by atoms with Crippen molar-refractivity contribution in [2.45, 2.75) is 38.0 Å². The predicted octanol–water partition coefficient (Wildman–Crippen LogP) is 3.14. The quantitative estimate of drug-likeness (QED) is 0.589. The van der Waals surface area contributed by atoms with Gasteiger partial charge in [-0.25, -0.2) is 0 Å². The van der Waals surface area contributed by atoms with Crippen LogP contribution in [0.25, 0.3) is 0 Å². The molecule has 0 spiro atoms. The van der Waals surface area contributed by atoms with E-state index in [4.69, 9.17) is 9.47 Å². The number of esters is 1. The Morgan fingerprint density at radius 1 is 0.964 bits per heavy atom. The molecule has 0 N–H and O–H groups in total. The standard InChI is InChI=1S/C23H32N2O3/c1-27-18-6-7-20-19-8-9-24(15-21(19)23(26)28-22(20)12-18)10-11-25-13-16-2-3-17(14-25)5-4-16/h6-7,12,16-17,19,21H,2-5,8-11,13-15H2,1H3. The van der Waals surface area contributed by atoms with Crippen LogP contribution in [0, 0.1) is 17.8 Å². The number of nitrogens with zero attached hydrogens (tertiary/aromatic N) is 2. The van der Waals surface area contributed by atoms with E-state index < -0.39 is 0 Å². The van der Waals surface area contributed by atoms with Gasteiger partial charge in [0.15, 0.2) is 0 Å². The van der Waals surface area contributed by atoms with Crippen LogP contribution >= 0.6 is 0 Å². The van der Waals surface area contributed by atoms with Gasteiger partial charge in [0.05, 0.1) is 13.0 Å². The molecule has 5 aliphatic rings. The zero-order valence-electron chi connectivity index (χ0n) is 16.9. The van der Waals surface area contributed by atoms with E-state index in [9.17, 15) is 4.79 Å². The molecule has 6 rings (SSSR count). The molecule has 1 aromatic rings. The zero-order valence-corrected chi connectivity index (χ0v) is 16.9. The number of carbonyl (C=O) groups excluding carboxylic acids is 1. The van der Waals surface area contributed by atoms with Gasteiger partial charge in [-0.15, -0.1) is 0 Å². The summed E-state index contributed by atoms with van der Waals surface area (Å²) >= 11 is 0. The highest BCUT2D eigenvalue weighted by Gasteiger charge is 2.41. The minimum absolute atomic E-state index is 0.0324. The minimum atomic E-state index is -0.0664. The van der Waals surface area contributed by atoms with Gasteiger partial charge in [0.25, 0.3) is 0 Å². The highest BCUT2D eigenvalue weighted by atomic mass is 16.5. The first-order chi connectivity index (χ1) is 13.7. The van der Waals surface area contributed by atoms with Crippen LogP contribution in [0.2, 0.25) is 0 Å². The molecule has 1 aromatic carbocycles. The Hall–Kier alpha value is -1.59. The molecule has 4 heterocycles. The van der Waals surface area contributed by atoms with Gasteiger partial charge in [0.2, 0.25) is 0 Å². The van der Waals surface area contributed by atoms with Crippen molar-refractivity contribution >= 4 is 5.97 Å². The van der Waals surface area contributed by atoms with Crippen LogP contribution in [-0.2, 0) is 4.79 Å². The van der Waals surface area contributed by atoms with E-state index in [0.717, 1.165) is 50.2 Å². The van der Waals surface area contributed by atoms with Crippen molar-refractivity contribution < 1.29 is 14.3 Å². The maximum absolute atomic E-state index is 12.7. The normalized spacial score (nSPS) is 33.0. The Morgan fingerprint density at radius 3 is 2.39 bits per heavy atom. The second kappa shape index (κ2) is 7.68. The molecule has 5 heteroatoms. The lowest BCUT2D eigenvalue weighted by molar-refractivity contribution is -0.143. The Balaban J connectivity index is 1.21. The van der Waals surface area contributed by atoms with Crippen LogP contribution in [0.3, 0.4) is 0 Å². The number of ether oxygens (including phenoxy) is 2. The number of methoxy groups -OCH3 is 1. The average molecular weight is 385 g/mol. The number of hydrogen-bond acceptors (Lipinski definition) is 5. The predicted molar refractivity (Wildman–Crippen MR) is 108 cm³/mol. The summed E-state index contributed by atoms with van der Waals surface area (Å²) in [5.41, 5.74) is 1.18. The molecule has 2 bridgehead atoms. The van der Waals surface area contributed by atoms with Crippen molar-refractivity contribution in [3.05, 3.63) is 23.8 Å². The summed E-state index contributed by atoms with van der Waals surface area (Å²) in [5.74, 6) is 3.47. The van der Waals surface area contributed by atoms with Gasteiger partial charge in [-0.2, -0.15) is 0 Å². The van der Waals surface area contributed by atoms with Crippen molar-refractivity contribution in [2.75, 3.05) is 46.4 Å². The second-order valence-corrected chi connectivity index (χ2v) is 9.27. The zero-order chi connectivity index (χ0) is 19.1. The second-order valence-electron chi connectivity index (χ2n) is 9.27. The number of likely N-dealkylation sites (tertiary alicyclic amines) is 1. The van der Waals surface area contributed by atoms with Crippen molar-refractivity contribution in [3.8, 4) is 11.5 Å². The van der Waals surface area contributed by atoms with Crippen molar-refractivity contribution in [3.63, 3.8) is 0 Å². The number of carbonyl (C=O) groups is 1. The molecule has 4 aliphatic heterocycles. The first-order valence-corrected chi connectivity index (χ1v) is 11.0. The van der Waals surface area contributed by atoms with Gasteiger partial charge < -0.3 is 19.3 Å². The molecule has 152 valence electrons. The first kappa shape index (κ1) is 18.4. The molecule has 28 heavy (non-hydrogen) atoms. The first-order valence-electron chi connectivity index (χ1n) is 11.0. The smallest absolute Gasteiger partial charge is 0.316 e. The number of benzene rings is 1. The molecule has 0 aromatic heterocycles. The largest absolute Gasteiger partial charge is 0.497 e. The maximum Gasteiger partial charge on any atom is 0.316 e. The van der Waals surface area contributed by atoms with E-state index in [2.05, 4.69) is 15.9 Å². The molecule has 0 radical (unpaired) electrons. The Bertz CT molecular complexity index is 715. The van der Waals surface area contributed by atoms with Gasteiger partial charge in [-0.3, -0.25) is 4.79 Å². The summed E-state index contributed by atoms with van der Waals surface area (Å²) in [4.78, 5) is 17.9. The van der Waals surface area contributed by atoms with Gasteiger partial charge >= 0.3 is 5.97 Å². The summed E-state index contributed by atoms with van der Waals surface area (Å²) < 4.78 is 11.0. The topological polar surface area (TPSA) is 42.0 Å². The molecule has 4 fully saturated rings. The van der Waals surface area contributed by atoms with Crippen LogP contribution in [0.5, 0.6) is 11.5 Å². The third-order valence-electron chi connectivity index (χ3n) is 7.56. The van der Waals surface area contributed by atoms with Crippen LogP contribution in [-0.4, -0.2) is 62.1 Å². The Kier molecular flexibility index (Phi) is 5.06. The van der Waals surface area contributed by atoms with Crippen LogP contribution in [0.4, 0.5) is 0 Å². The van der Waals surface area contributed by atoms with Crippen LogP contribution in [0.15, 0.2) is 18.2 Å². The number of rotatable bonds is 4. The number of hydrogen-bond donors (Lipinski definition) is 0. The highest BCUT2D eigenvalue weighted by molar-refractivity contribution is 5.80. The number of fused-ring (bicyclic) bond motifs is 7. The lowest BCUT2D eigenvalue weighted by atomic mass is 9.78.